The maximum atomic E-state index is 10.9. The van der Waals surface area contributed by atoms with Gasteiger partial charge in [0.25, 0.3) is 0 Å². The molecule has 1 heterocycles. The molecule has 1 fully saturated rings. The molecule has 1 aliphatic rings. The third-order valence-corrected chi connectivity index (χ3v) is 3.59. The molecule has 1 atom stereocenters. The zero-order valence-electron chi connectivity index (χ0n) is 11.0. The van der Waals surface area contributed by atoms with Crippen molar-refractivity contribution >= 4 is 11.7 Å². The van der Waals surface area contributed by atoms with Gasteiger partial charge in [0.1, 0.15) is 6.04 Å². The third kappa shape index (κ3) is 2.82. The molecule has 0 saturated carbocycles. The summed E-state index contributed by atoms with van der Waals surface area (Å²) in [7, 11) is 0. The van der Waals surface area contributed by atoms with Gasteiger partial charge in [-0.05, 0) is 31.5 Å². The molecular formula is C14H20N2O2. The Morgan fingerprint density at radius 1 is 1.28 bits per heavy atom. The first-order valence-electron chi connectivity index (χ1n) is 6.36. The first kappa shape index (κ1) is 12.9. The number of piperazine rings is 1. The van der Waals surface area contributed by atoms with E-state index in [1.807, 2.05) is 4.90 Å². The number of anilines is 1. The van der Waals surface area contributed by atoms with Crippen molar-refractivity contribution in [2.45, 2.75) is 19.9 Å². The molecule has 1 aliphatic heterocycles. The first-order chi connectivity index (χ1) is 8.58. The van der Waals surface area contributed by atoms with Crippen molar-refractivity contribution in [1.82, 2.24) is 4.90 Å². The Hall–Kier alpha value is -1.55. The minimum atomic E-state index is -0.737. The van der Waals surface area contributed by atoms with Crippen LogP contribution in [0.4, 0.5) is 5.69 Å². The molecule has 0 spiro atoms. The second-order valence-corrected chi connectivity index (χ2v) is 4.88. The van der Waals surface area contributed by atoms with Crippen LogP contribution < -0.4 is 4.90 Å². The maximum Gasteiger partial charge on any atom is 0.320 e. The number of carbonyl (C=O) groups is 1. The molecule has 1 N–H and O–H groups in total. The average molecular weight is 248 g/mol. The molecule has 1 aromatic rings. The van der Waals surface area contributed by atoms with Gasteiger partial charge in [0, 0.05) is 31.9 Å². The summed E-state index contributed by atoms with van der Waals surface area (Å²) in [5.41, 5.74) is 2.49. The number of aliphatic carboxylic acids is 1. The van der Waals surface area contributed by atoms with Gasteiger partial charge in [-0.15, -0.1) is 0 Å². The molecule has 2 rings (SSSR count). The van der Waals surface area contributed by atoms with Crippen molar-refractivity contribution in [3.05, 3.63) is 29.8 Å². The lowest BCUT2D eigenvalue weighted by Gasteiger charge is -2.37. The number of hydrogen-bond donors (Lipinski definition) is 1. The Bertz CT molecular complexity index is 426. The van der Waals surface area contributed by atoms with Crippen molar-refractivity contribution in [3.8, 4) is 0 Å². The zero-order valence-corrected chi connectivity index (χ0v) is 11.0. The van der Waals surface area contributed by atoms with E-state index in [0.717, 1.165) is 26.2 Å². The van der Waals surface area contributed by atoms with Crippen molar-refractivity contribution in [2.24, 2.45) is 0 Å². The standard InChI is InChI=1S/C14H20N2O2/c1-11-4-3-5-13(10-11)16-8-6-15(7-9-16)12(2)14(17)18/h3-5,10,12H,6-9H2,1-2H3,(H,17,18)/t12-/m0/s1. The molecule has 18 heavy (non-hydrogen) atoms. The normalized spacial score (nSPS) is 18.7. The summed E-state index contributed by atoms with van der Waals surface area (Å²) >= 11 is 0. The van der Waals surface area contributed by atoms with Gasteiger partial charge in [-0.3, -0.25) is 9.69 Å². The molecular weight excluding hydrogens is 228 g/mol. The quantitative estimate of drug-likeness (QED) is 0.882. The van der Waals surface area contributed by atoms with Crippen LogP contribution >= 0.6 is 0 Å². The number of nitrogens with zero attached hydrogens (tertiary/aromatic N) is 2. The highest BCUT2D eigenvalue weighted by Crippen LogP contribution is 2.18. The fourth-order valence-corrected chi connectivity index (χ4v) is 2.35. The molecule has 0 bridgehead atoms. The van der Waals surface area contributed by atoms with E-state index in [-0.39, 0.29) is 6.04 Å². The van der Waals surface area contributed by atoms with E-state index in [1.165, 1.54) is 11.3 Å². The largest absolute Gasteiger partial charge is 0.480 e. The fraction of sp³-hybridized carbons (Fsp3) is 0.500. The lowest BCUT2D eigenvalue weighted by molar-refractivity contribution is -0.142. The number of aryl methyl sites for hydroxylation is 1. The molecule has 1 aromatic carbocycles. The summed E-state index contributed by atoms with van der Waals surface area (Å²) in [5.74, 6) is -0.737. The topological polar surface area (TPSA) is 43.8 Å². The van der Waals surface area contributed by atoms with E-state index in [9.17, 15) is 4.79 Å². The second kappa shape index (κ2) is 5.40. The van der Waals surface area contributed by atoms with Gasteiger partial charge < -0.3 is 10.0 Å². The smallest absolute Gasteiger partial charge is 0.320 e. The molecule has 1 saturated heterocycles. The highest BCUT2D eigenvalue weighted by molar-refractivity contribution is 5.72. The van der Waals surface area contributed by atoms with E-state index in [1.54, 1.807) is 6.92 Å². The Balaban J connectivity index is 1.96. The minimum Gasteiger partial charge on any atom is -0.480 e. The summed E-state index contributed by atoms with van der Waals surface area (Å²) in [6.07, 6.45) is 0. The van der Waals surface area contributed by atoms with Crippen LogP contribution in [-0.4, -0.2) is 48.2 Å². The fourth-order valence-electron chi connectivity index (χ4n) is 2.35. The maximum absolute atomic E-state index is 10.9. The van der Waals surface area contributed by atoms with Gasteiger partial charge in [-0.2, -0.15) is 0 Å². The summed E-state index contributed by atoms with van der Waals surface area (Å²) in [5, 5.41) is 9.00. The highest BCUT2D eigenvalue weighted by Gasteiger charge is 2.25. The monoisotopic (exact) mass is 248 g/mol. The van der Waals surface area contributed by atoms with E-state index in [0.29, 0.717) is 0 Å². The van der Waals surface area contributed by atoms with Crippen molar-refractivity contribution in [3.63, 3.8) is 0 Å². The SMILES string of the molecule is Cc1cccc(N2CCN([C@@H](C)C(=O)O)CC2)c1. The summed E-state index contributed by atoms with van der Waals surface area (Å²) < 4.78 is 0. The minimum absolute atomic E-state index is 0.385. The van der Waals surface area contributed by atoms with Crippen LogP contribution in [0.3, 0.4) is 0 Å². The zero-order chi connectivity index (χ0) is 13.1. The predicted octanol–water partition coefficient (Wildman–Crippen LogP) is 1.59. The number of hydrogen-bond acceptors (Lipinski definition) is 3. The molecule has 0 radical (unpaired) electrons. The van der Waals surface area contributed by atoms with Crippen LogP contribution in [0.25, 0.3) is 0 Å². The number of rotatable bonds is 3. The van der Waals surface area contributed by atoms with Crippen LogP contribution in [-0.2, 0) is 4.79 Å². The van der Waals surface area contributed by atoms with Gasteiger partial charge in [0.05, 0.1) is 0 Å². The number of carboxylic acids is 1. The van der Waals surface area contributed by atoms with Crippen molar-refractivity contribution in [2.75, 3.05) is 31.1 Å². The van der Waals surface area contributed by atoms with Gasteiger partial charge in [0.15, 0.2) is 0 Å². The lowest BCUT2D eigenvalue weighted by atomic mass is 10.1. The van der Waals surface area contributed by atoms with E-state index in [2.05, 4.69) is 36.1 Å². The van der Waals surface area contributed by atoms with E-state index < -0.39 is 5.97 Å². The summed E-state index contributed by atoms with van der Waals surface area (Å²) in [6.45, 7) is 7.24. The molecule has 98 valence electrons. The van der Waals surface area contributed by atoms with Gasteiger partial charge >= 0.3 is 5.97 Å². The second-order valence-electron chi connectivity index (χ2n) is 4.88. The molecule has 0 unspecified atom stereocenters. The Morgan fingerprint density at radius 2 is 1.94 bits per heavy atom. The van der Waals surface area contributed by atoms with Gasteiger partial charge in [0.2, 0.25) is 0 Å². The Kier molecular flexibility index (Phi) is 3.87. The van der Waals surface area contributed by atoms with E-state index >= 15 is 0 Å². The van der Waals surface area contributed by atoms with Crippen LogP contribution in [0.1, 0.15) is 12.5 Å². The predicted molar refractivity (Wildman–Crippen MR) is 72.1 cm³/mol. The van der Waals surface area contributed by atoms with Gasteiger partial charge in [-0.25, -0.2) is 0 Å². The van der Waals surface area contributed by atoms with Crippen LogP contribution in [0.2, 0.25) is 0 Å². The lowest BCUT2D eigenvalue weighted by Crippen LogP contribution is -2.51. The Morgan fingerprint density at radius 3 is 2.50 bits per heavy atom. The highest BCUT2D eigenvalue weighted by atomic mass is 16.4. The summed E-state index contributed by atoms with van der Waals surface area (Å²) in [6, 6.07) is 8.06. The molecule has 0 amide bonds. The van der Waals surface area contributed by atoms with Crippen LogP contribution in [0.5, 0.6) is 0 Å². The molecule has 4 heteroatoms. The van der Waals surface area contributed by atoms with E-state index in [4.69, 9.17) is 5.11 Å². The van der Waals surface area contributed by atoms with Gasteiger partial charge in [-0.1, -0.05) is 12.1 Å². The molecule has 4 nitrogen and oxygen atoms in total. The molecule has 0 aromatic heterocycles. The molecule has 0 aliphatic carbocycles. The summed E-state index contributed by atoms with van der Waals surface area (Å²) in [4.78, 5) is 15.3. The Labute approximate surface area is 108 Å². The van der Waals surface area contributed by atoms with Crippen LogP contribution in [0.15, 0.2) is 24.3 Å². The van der Waals surface area contributed by atoms with Crippen LogP contribution in [0, 0.1) is 6.92 Å². The van der Waals surface area contributed by atoms with Crippen molar-refractivity contribution < 1.29 is 9.90 Å². The average Bonchev–Trinajstić information content (AvgIpc) is 2.38. The number of carboxylic acid groups (broad SMARTS) is 1. The van der Waals surface area contributed by atoms with Crippen molar-refractivity contribution in [1.29, 1.82) is 0 Å². The first-order valence-corrected chi connectivity index (χ1v) is 6.36. The number of benzene rings is 1. The third-order valence-electron chi connectivity index (χ3n) is 3.59.